The normalized spacial score (nSPS) is 27.6. The van der Waals surface area contributed by atoms with E-state index in [0.717, 1.165) is 30.5 Å². The second-order valence-electron chi connectivity index (χ2n) is 8.90. The molecule has 6 nitrogen and oxygen atoms in total. The van der Waals surface area contributed by atoms with E-state index in [1.807, 2.05) is 36.4 Å². The van der Waals surface area contributed by atoms with Crippen molar-refractivity contribution < 1.29 is 14.1 Å². The van der Waals surface area contributed by atoms with Crippen molar-refractivity contribution >= 4 is 17.0 Å². The van der Waals surface area contributed by atoms with Gasteiger partial charge in [-0.3, -0.25) is 4.79 Å². The summed E-state index contributed by atoms with van der Waals surface area (Å²) < 4.78 is 11.3. The molecule has 0 spiro atoms. The molecular formula is C24H25N3O3. The van der Waals surface area contributed by atoms with Gasteiger partial charge in [0, 0.05) is 24.3 Å². The number of nitrogens with zero attached hydrogens (tertiary/aromatic N) is 2. The van der Waals surface area contributed by atoms with E-state index in [-0.39, 0.29) is 18.1 Å². The van der Waals surface area contributed by atoms with E-state index in [1.165, 1.54) is 12.8 Å². The molecule has 1 amide bonds. The zero-order chi connectivity index (χ0) is 20.2. The SMILES string of the molecule is COC1C2CCCC2C1NC(=O)c1cc(C2CC2)nc2onc(-c3ccccc3)c12. The van der Waals surface area contributed by atoms with Gasteiger partial charge in [-0.25, -0.2) is 4.98 Å². The first kappa shape index (κ1) is 18.1. The number of carbonyl (C=O) groups excluding carboxylic acids is 1. The molecule has 0 bridgehead atoms. The summed E-state index contributed by atoms with van der Waals surface area (Å²) in [4.78, 5) is 18.2. The van der Waals surface area contributed by atoms with Crippen LogP contribution in [-0.2, 0) is 4.74 Å². The molecule has 30 heavy (non-hydrogen) atoms. The predicted molar refractivity (Wildman–Crippen MR) is 112 cm³/mol. The number of aromatic nitrogens is 2. The van der Waals surface area contributed by atoms with Crippen LogP contribution < -0.4 is 5.32 Å². The Morgan fingerprint density at radius 3 is 2.70 bits per heavy atom. The molecule has 3 aliphatic rings. The van der Waals surface area contributed by atoms with E-state index in [0.29, 0.717) is 40.1 Å². The van der Waals surface area contributed by atoms with Crippen LogP contribution in [0.25, 0.3) is 22.4 Å². The van der Waals surface area contributed by atoms with Gasteiger partial charge in [-0.05, 0) is 43.6 Å². The van der Waals surface area contributed by atoms with Gasteiger partial charge in [0.25, 0.3) is 11.6 Å². The number of benzene rings is 1. The lowest BCUT2D eigenvalue weighted by molar-refractivity contribution is -0.0791. The lowest BCUT2D eigenvalue weighted by Gasteiger charge is -2.48. The maximum absolute atomic E-state index is 13.5. The molecule has 6 rings (SSSR count). The zero-order valence-corrected chi connectivity index (χ0v) is 17.0. The van der Waals surface area contributed by atoms with Gasteiger partial charge in [0.05, 0.1) is 23.1 Å². The zero-order valence-electron chi connectivity index (χ0n) is 17.0. The Balaban J connectivity index is 1.41. The number of pyridine rings is 1. The van der Waals surface area contributed by atoms with Gasteiger partial charge in [-0.15, -0.1) is 0 Å². The minimum atomic E-state index is -0.0814. The summed E-state index contributed by atoms with van der Waals surface area (Å²) in [7, 11) is 1.75. The van der Waals surface area contributed by atoms with Gasteiger partial charge in [0.15, 0.2) is 0 Å². The number of hydrogen-bond donors (Lipinski definition) is 1. The largest absolute Gasteiger partial charge is 0.379 e. The van der Waals surface area contributed by atoms with Crippen molar-refractivity contribution in [1.82, 2.24) is 15.5 Å². The van der Waals surface area contributed by atoms with Gasteiger partial charge in [-0.2, -0.15) is 0 Å². The molecule has 2 heterocycles. The first-order valence-electron chi connectivity index (χ1n) is 10.9. The Hall–Kier alpha value is -2.73. The van der Waals surface area contributed by atoms with Crippen LogP contribution >= 0.6 is 0 Å². The molecule has 4 atom stereocenters. The van der Waals surface area contributed by atoms with Crippen molar-refractivity contribution in [1.29, 1.82) is 0 Å². The molecule has 2 aromatic heterocycles. The average molecular weight is 403 g/mol. The van der Waals surface area contributed by atoms with Gasteiger partial charge < -0.3 is 14.6 Å². The summed E-state index contributed by atoms with van der Waals surface area (Å²) in [5, 5.41) is 8.27. The third kappa shape index (κ3) is 2.77. The van der Waals surface area contributed by atoms with E-state index < -0.39 is 0 Å². The fourth-order valence-electron chi connectivity index (χ4n) is 5.51. The number of ether oxygens (including phenoxy) is 1. The maximum Gasteiger partial charge on any atom is 0.259 e. The monoisotopic (exact) mass is 403 g/mol. The van der Waals surface area contributed by atoms with Crippen LogP contribution in [0.2, 0.25) is 0 Å². The molecule has 154 valence electrons. The lowest BCUT2D eigenvalue weighted by Crippen LogP contribution is -2.62. The van der Waals surface area contributed by atoms with Crippen LogP contribution in [0.5, 0.6) is 0 Å². The van der Waals surface area contributed by atoms with Crippen molar-refractivity contribution in [2.24, 2.45) is 11.8 Å². The van der Waals surface area contributed by atoms with Crippen molar-refractivity contribution in [2.75, 3.05) is 7.11 Å². The summed E-state index contributed by atoms with van der Waals surface area (Å²) in [6, 6.07) is 11.8. The Kier molecular flexibility index (Phi) is 4.16. The molecule has 0 saturated heterocycles. The molecule has 3 aliphatic carbocycles. The minimum absolute atomic E-state index is 0.0719. The van der Waals surface area contributed by atoms with Crippen LogP contribution in [0.3, 0.4) is 0 Å². The fraction of sp³-hybridized carbons (Fsp3) is 0.458. The number of rotatable bonds is 5. The van der Waals surface area contributed by atoms with Crippen LogP contribution in [0.1, 0.15) is 54.1 Å². The first-order chi connectivity index (χ1) is 14.7. The number of carbonyl (C=O) groups is 1. The summed E-state index contributed by atoms with van der Waals surface area (Å²) in [6.45, 7) is 0. The number of amides is 1. The van der Waals surface area contributed by atoms with Gasteiger partial charge in [0.2, 0.25) is 0 Å². The number of nitrogens with one attached hydrogen (secondary N) is 1. The van der Waals surface area contributed by atoms with Crippen molar-refractivity contribution in [3.8, 4) is 11.3 Å². The number of fused-ring (bicyclic) bond motifs is 2. The molecule has 3 saturated carbocycles. The molecule has 1 aromatic carbocycles. The Morgan fingerprint density at radius 1 is 1.13 bits per heavy atom. The van der Waals surface area contributed by atoms with Crippen LogP contribution in [0.4, 0.5) is 0 Å². The van der Waals surface area contributed by atoms with Gasteiger partial charge in [-0.1, -0.05) is 41.9 Å². The molecule has 3 fully saturated rings. The van der Waals surface area contributed by atoms with Crippen molar-refractivity contribution in [3.63, 3.8) is 0 Å². The van der Waals surface area contributed by atoms with Crippen LogP contribution in [-0.4, -0.2) is 35.3 Å². The smallest absolute Gasteiger partial charge is 0.259 e. The first-order valence-corrected chi connectivity index (χ1v) is 10.9. The topological polar surface area (TPSA) is 77.2 Å². The molecule has 4 unspecified atom stereocenters. The van der Waals surface area contributed by atoms with Crippen molar-refractivity contribution in [2.45, 2.75) is 50.2 Å². The minimum Gasteiger partial charge on any atom is -0.379 e. The number of hydrogen-bond acceptors (Lipinski definition) is 5. The summed E-state index contributed by atoms with van der Waals surface area (Å²) in [5.41, 5.74) is 3.57. The van der Waals surface area contributed by atoms with Gasteiger partial charge >= 0.3 is 0 Å². The summed E-state index contributed by atoms with van der Waals surface area (Å²) in [5.74, 6) is 1.44. The van der Waals surface area contributed by atoms with Gasteiger partial charge in [0.1, 0.15) is 5.69 Å². The Morgan fingerprint density at radius 2 is 1.93 bits per heavy atom. The quantitative estimate of drug-likeness (QED) is 0.687. The van der Waals surface area contributed by atoms with Crippen LogP contribution in [0.15, 0.2) is 40.9 Å². The molecular weight excluding hydrogens is 378 g/mol. The van der Waals surface area contributed by atoms with E-state index in [9.17, 15) is 4.79 Å². The molecule has 3 aromatic rings. The van der Waals surface area contributed by atoms with Crippen molar-refractivity contribution in [3.05, 3.63) is 47.7 Å². The van der Waals surface area contributed by atoms with E-state index in [1.54, 1.807) is 7.11 Å². The molecule has 0 radical (unpaired) electrons. The third-order valence-electron chi connectivity index (χ3n) is 7.19. The van der Waals surface area contributed by atoms with E-state index in [2.05, 4.69) is 10.5 Å². The second-order valence-corrected chi connectivity index (χ2v) is 8.90. The van der Waals surface area contributed by atoms with E-state index >= 15 is 0 Å². The number of methoxy groups -OCH3 is 1. The molecule has 6 heteroatoms. The maximum atomic E-state index is 13.5. The predicted octanol–water partition coefficient (Wildman–Crippen LogP) is 4.31. The Labute approximate surface area is 175 Å². The average Bonchev–Trinajstić information content (AvgIpc) is 3.40. The summed E-state index contributed by atoms with van der Waals surface area (Å²) >= 11 is 0. The highest BCUT2D eigenvalue weighted by molar-refractivity contribution is 6.09. The van der Waals surface area contributed by atoms with Crippen LogP contribution in [0, 0.1) is 11.8 Å². The fourth-order valence-corrected chi connectivity index (χ4v) is 5.51. The second kappa shape index (κ2) is 6.91. The summed E-state index contributed by atoms with van der Waals surface area (Å²) in [6.07, 6.45) is 5.91. The highest BCUT2D eigenvalue weighted by Gasteiger charge is 2.53. The van der Waals surface area contributed by atoms with E-state index in [4.69, 9.17) is 14.2 Å². The highest BCUT2D eigenvalue weighted by atomic mass is 16.5. The molecule has 1 N–H and O–H groups in total. The Bertz CT molecular complexity index is 1110. The molecule has 0 aliphatic heterocycles. The standard InChI is InChI=1S/C24H25N3O3/c1-29-22-16-9-5-8-15(16)21(22)26-23(28)17-12-18(13-10-11-13)25-24-19(17)20(27-30-24)14-6-3-2-4-7-14/h2-4,6-7,12-13,15-16,21-22H,5,8-11H2,1H3,(H,26,28). The highest BCUT2D eigenvalue weighted by Crippen LogP contribution is 2.48. The third-order valence-corrected chi connectivity index (χ3v) is 7.19. The lowest BCUT2D eigenvalue weighted by atomic mass is 9.68.